The van der Waals surface area contributed by atoms with Crippen molar-refractivity contribution in [3.05, 3.63) is 0 Å². The zero-order chi connectivity index (χ0) is 11.7. The van der Waals surface area contributed by atoms with Crippen molar-refractivity contribution in [2.75, 3.05) is 19.6 Å². The highest BCUT2D eigenvalue weighted by Gasteiger charge is 2.10. The summed E-state index contributed by atoms with van der Waals surface area (Å²) >= 11 is 0. The van der Waals surface area contributed by atoms with Crippen LogP contribution in [-0.4, -0.2) is 41.6 Å². The normalized spacial score (nSPS) is 9.07. The number of terminal acetylenes is 1. The van der Waals surface area contributed by atoms with E-state index in [9.17, 15) is 9.59 Å². The average molecular weight is 212 g/mol. The molecular formula is C10H16N2O3. The smallest absolute Gasteiger partial charge is 0.318 e. The molecule has 0 heterocycles. The quantitative estimate of drug-likeness (QED) is 0.630. The van der Waals surface area contributed by atoms with Gasteiger partial charge in [-0.1, -0.05) is 12.8 Å². The largest absolute Gasteiger partial charge is 0.481 e. The van der Waals surface area contributed by atoms with Crippen LogP contribution in [0.15, 0.2) is 0 Å². The number of urea groups is 1. The second-order valence-corrected chi connectivity index (χ2v) is 3.00. The Kier molecular flexibility index (Phi) is 6.81. The molecule has 5 nitrogen and oxygen atoms in total. The van der Waals surface area contributed by atoms with Gasteiger partial charge in [0.1, 0.15) is 0 Å². The highest BCUT2D eigenvalue weighted by atomic mass is 16.4. The van der Waals surface area contributed by atoms with Crippen molar-refractivity contribution in [3.8, 4) is 12.3 Å². The number of rotatable bonds is 6. The fourth-order valence-corrected chi connectivity index (χ4v) is 1.02. The van der Waals surface area contributed by atoms with Gasteiger partial charge in [-0.3, -0.25) is 4.79 Å². The maximum absolute atomic E-state index is 11.4. The molecule has 2 N–H and O–H groups in total. The molecule has 0 spiro atoms. The third kappa shape index (κ3) is 6.38. The number of nitrogens with zero attached hydrogens (tertiary/aromatic N) is 1. The van der Waals surface area contributed by atoms with E-state index in [-0.39, 0.29) is 25.5 Å². The Morgan fingerprint density at radius 2 is 2.20 bits per heavy atom. The van der Waals surface area contributed by atoms with E-state index in [4.69, 9.17) is 11.5 Å². The van der Waals surface area contributed by atoms with Gasteiger partial charge in [0.15, 0.2) is 0 Å². The van der Waals surface area contributed by atoms with Crippen molar-refractivity contribution >= 4 is 12.0 Å². The third-order valence-electron chi connectivity index (χ3n) is 1.68. The number of amides is 2. The molecule has 0 rings (SSSR count). The lowest BCUT2D eigenvalue weighted by Gasteiger charge is -2.19. The molecule has 84 valence electrons. The van der Waals surface area contributed by atoms with Crippen molar-refractivity contribution < 1.29 is 14.7 Å². The number of hydrogen-bond acceptors (Lipinski definition) is 2. The van der Waals surface area contributed by atoms with Crippen molar-refractivity contribution in [3.63, 3.8) is 0 Å². The maximum Gasteiger partial charge on any atom is 0.318 e. The van der Waals surface area contributed by atoms with E-state index in [1.54, 1.807) is 0 Å². The number of hydrogen-bond donors (Lipinski definition) is 2. The van der Waals surface area contributed by atoms with Crippen LogP contribution < -0.4 is 5.32 Å². The standard InChI is InChI=1S/C10H16N2O3/c1-3-7-12(8-4-2)10(15)11-6-5-9(13)14/h1H,4-8H2,2H3,(H,11,15)(H,13,14). The lowest BCUT2D eigenvalue weighted by molar-refractivity contribution is -0.136. The second kappa shape index (κ2) is 7.68. The fourth-order valence-electron chi connectivity index (χ4n) is 1.02. The zero-order valence-corrected chi connectivity index (χ0v) is 8.82. The predicted molar refractivity (Wildman–Crippen MR) is 56.3 cm³/mol. The molecule has 5 heteroatoms. The van der Waals surface area contributed by atoms with Crippen LogP contribution >= 0.6 is 0 Å². The van der Waals surface area contributed by atoms with Gasteiger partial charge >= 0.3 is 12.0 Å². The van der Waals surface area contributed by atoms with Gasteiger partial charge < -0.3 is 15.3 Å². The molecule has 0 saturated carbocycles. The first kappa shape index (κ1) is 13.3. The Labute approximate surface area is 89.4 Å². The van der Waals surface area contributed by atoms with Crippen LogP contribution in [0.3, 0.4) is 0 Å². The highest BCUT2D eigenvalue weighted by molar-refractivity contribution is 5.75. The van der Waals surface area contributed by atoms with Crippen molar-refractivity contribution in [2.45, 2.75) is 19.8 Å². The average Bonchev–Trinajstić information content (AvgIpc) is 2.16. The molecule has 0 fully saturated rings. The summed E-state index contributed by atoms with van der Waals surface area (Å²) in [6, 6.07) is -0.309. The van der Waals surface area contributed by atoms with E-state index in [0.717, 1.165) is 6.42 Å². The van der Waals surface area contributed by atoms with Gasteiger partial charge in [-0.05, 0) is 6.42 Å². The first-order valence-corrected chi connectivity index (χ1v) is 4.79. The summed E-state index contributed by atoms with van der Waals surface area (Å²) in [6.07, 6.45) is 5.84. The van der Waals surface area contributed by atoms with Crippen LogP contribution in [0.25, 0.3) is 0 Å². The van der Waals surface area contributed by atoms with E-state index >= 15 is 0 Å². The summed E-state index contributed by atoms with van der Waals surface area (Å²) < 4.78 is 0. The molecule has 0 atom stereocenters. The minimum Gasteiger partial charge on any atom is -0.481 e. The van der Waals surface area contributed by atoms with Gasteiger partial charge in [0.25, 0.3) is 0 Å². The fraction of sp³-hybridized carbons (Fsp3) is 0.600. The summed E-state index contributed by atoms with van der Waals surface area (Å²) in [5.74, 6) is 1.45. The number of carbonyl (C=O) groups excluding carboxylic acids is 1. The molecule has 0 aromatic heterocycles. The van der Waals surface area contributed by atoms with Crippen LogP contribution in [-0.2, 0) is 4.79 Å². The first-order valence-electron chi connectivity index (χ1n) is 4.79. The number of aliphatic carboxylic acids is 1. The topological polar surface area (TPSA) is 69.6 Å². The molecule has 0 aromatic carbocycles. The van der Waals surface area contributed by atoms with Gasteiger partial charge in [0.2, 0.25) is 0 Å². The summed E-state index contributed by atoms with van der Waals surface area (Å²) in [4.78, 5) is 23.1. The van der Waals surface area contributed by atoms with Crippen LogP contribution in [0, 0.1) is 12.3 Å². The Morgan fingerprint density at radius 3 is 2.67 bits per heavy atom. The maximum atomic E-state index is 11.4. The van der Waals surface area contributed by atoms with Gasteiger partial charge in [0.05, 0.1) is 13.0 Å². The lowest BCUT2D eigenvalue weighted by Crippen LogP contribution is -2.41. The van der Waals surface area contributed by atoms with Crippen LogP contribution in [0.5, 0.6) is 0 Å². The number of nitrogens with one attached hydrogen (secondary N) is 1. The summed E-state index contributed by atoms with van der Waals surface area (Å²) in [5, 5.41) is 10.9. The van der Waals surface area contributed by atoms with Gasteiger partial charge in [0, 0.05) is 13.1 Å². The molecule has 0 unspecified atom stereocenters. The Morgan fingerprint density at radius 1 is 1.53 bits per heavy atom. The Balaban J connectivity index is 3.92. The van der Waals surface area contributed by atoms with Gasteiger partial charge in [-0.25, -0.2) is 4.79 Å². The number of carboxylic acids is 1. The SMILES string of the molecule is C#CCN(CCC)C(=O)NCCC(=O)O. The minimum atomic E-state index is -0.936. The molecule has 0 aliphatic carbocycles. The van der Waals surface area contributed by atoms with E-state index < -0.39 is 5.97 Å². The first-order chi connectivity index (χ1) is 7.11. The summed E-state index contributed by atoms with van der Waals surface area (Å²) in [7, 11) is 0. The Bertz CT molecular complexity index is 258. The minimum absolute atomic E-state index is 0.0816. The molecule has 0 radical (unpaired) electrons. The molecular weight excluding hydrogens is 196 g/mol. The zero-order valence-electron chi connectivity index (χ0n) is 8.82. The van der Waals surface area contributed by atoms with E-state index in [2.05, 4.69) is 11.2 Å². The molecule has 2 amide bonds. The number of carbonyl (C=O) groups is 2. The van der Waals surface area contributed by atoms with E-state index in [1.807, 2.05) is 6.92 Å². The van der Waals surface area contributed by atoms with Crippen molar-refractivity contribution in [1.82, 2.24) is 10.2 Å². The van der Waals surface area contributed by atoms with Crippen LogP contribution in [0.4, 0.5) is 4.79 Å². The van der Waals surface area contributed by atoms with Crippen molar-refractivity contribution in [2.24, 2.45) is 0 Å². The summed E-state index contributed by atoms with van der Waals surface area (Å²) in [6.45, 7) is 2.88. The lowest BCUT2D eigenvalue weighted by atomic mass is 10.4. The third-order valence-corrected chi connectivity index (χ3v) is 1.68. The van der Waals surface area contributed by atoms with Crippen LogP contribution in [0.1, 0.15) is 19.8 Å². The Hall–Kier alpha value is -1.70. The molecule has 0 aliphatic heterocycles. The molecule has 0 aromatic rings. The second-order valence-electron chi connectivity index (χ2n) is 3.00. The van der Waals surface area contributed by atoms with E-state index in [1.165, 1.54) is 4.90 Å². The van der Waals surface area contributed by atoms with Gasteiger partial charge in [-0.15, -0.1) is 6.42 Å². The van der Waals surface area contributed by atoms with Crippen molar-refractivity contribution in [1.29, 1.82) is 0 Å². The van der Waals surface area contributed by atoms with Gasteiger partial charge in [-0.2, -0.15) is 0 Å². The monoisotopic (exact) mass is 212 g/mol. The van der Waals surface area contributed by atoms with Crippen LogP contribution in [0.2, 0.25) is 0 Å². The molecule has 0 bridgehead atoms. The number of carboxylic acid groups (broad SMARTS) is 1. The summed E-state index contributed by atoms with van der Waals surface area (Å²) in [5.41, 5.74) is 0. The molecule has 15 heavy (non-hydrogen) atoms. The molecule has 0 aliphatic rings. The molecule has 0 saturated heterocycles. The van der Waals surface area contributed by atoms with E-state index in [0.29, 0.717) is 6.54 Å². The highest BCUT2D eigenvalue weighted by Crippen LogP contribution is 1.91. The predicted octanol–water partition coefficient (Wildman–Crippen LogP) is 0.516.